The second kappa shape index (κ2) is 11.2. The first-order valence-electron chi connectivity index (χ1n) is 9.65. The zero-order valence-corrected chi connectivity index (χ0v) is 19.4. The average molecular weight is 450 g/mol. The van der Waals surface area contributed by atoms with Crippen molar-refractivity contribution in [2.45, 2.75) is 13.8 Å². The van der Waals surface area contributed by atoms with Gasteiger partial charge in [-0.25, -0.2) is 4.98 Å². The van der Waals surface area contributed by atoms with E-state index in [0.29, 0.717) is 24.0 Å². The Balaban J connectivity index is 0.00000320. The standard InChI is InChI=1S/C22H27N3O3S.ClH/c1-5-27-18-7-6-8-19-21(18)23-22(29-19)25(14-13-24(3)4)20(26)15-28-17-11-9-16(2)10-12-17;/h6-12H,5,13-15H2,1-4H3;1H. The van der Waals surface area contributed by atoms with Crippen LogP contribution in [0.15, 0.2) is 42.5 Å². The Labute approximate surface area is 187 Å². The summed E-state index contributed by atoms with van der Waals surface area (Å²) < 4.78 is 12.4. The summed E-state index contributed by atoms with van der Waals surface area (Å²) in [5.41, 5.74) is 1.94. The molecule has 0 unspecified atom stereocenters. The first-order valence-corrected chi connectivity index (χ1v) is 10.5. The fourth-order valence-corrected chi connectivity index (χ4v) is 3.81. The molecule has 30 heavy (non-hydrogen) atoms. The van der Waals surface area contributed by atoms with Gasteiger partial charge in [0.05, 0.1) is 11.3 Å². The number of carbonyl (C=O) groups excluding carboxylic acids is 1. The number of aromatic nitrogens is 1. The predicted octanol–water partition coefficient (Wildman–Crippen LogP) is 4.40. The van der Waals surface area contributed by atoms with Crippen LogP contribution in [0.2, 0.25) is 0 Å². The van der Waals surface area contributed by atoms with Gasteiger partial charge in [0, 0.05) is 13.1 Å². The van der Waals surface area contributed by atoms with Crippen LogP contribution in [-0.2, 0) is 4.79 Å². The van der Waals surface area contributed by atoms with Gasteiger partial charge in [0.1, 0.15) is 17.0 Å². The van der Waals surface area contributed by atoms with E-state index in [0.717, 1.165) is 28.1 Å². The molecule has 8 heteroatoms. The molecule has 0 aliphatic rings. The number of benzene rings is 2. The molecule has 0 atom stereocenters. The number of halogens is 1. The Morgan fingerprint density at radius 3 is 2.47 bits per heavy atom. The van der Waals surface area contributed by atoms with Gasteiger partial charge in [0.2, 0.25) is 0 Å². The Hall–Kier alpha value is -2.35. The van der Waals surface area contributed by atoms with E-state index in [1.165, 1.54) is 11.3 Å². The molecule has 0 radical (unpaired) electrons. The number of anilines is 1. The molecule has 1 aromatic heterocycles. The predicted molar refractivity (Wildman–Crippen MR) is 126 cm³/mol. The summed E-state index contributed by atoms with van der Waals surface area (Å²) in [5.74, 6) is 1.30. The van der Waals surface area contributed by atoms with Crippen molar-refractivity contribution in [1.29, 1.82) is 0 Å². The van der Waals surface area contributed by atoms with Crippen LogP contribution in [0.4, 0.5) is 5.13 Å². The van der Waals surface area contributed by atoms with Gasteiger partial charge in [0.25, 0.3) is 5.91 Å². The topological polar surface area (TPSA) is 54.9 Å². The summed E-state index contributed by atoms with van der Waals surface area (Å²) in [6.45, 7) is 5.75. The Bertz CT molecular complexity index is 960. The number of rotatable bonds is 9. The lowest BCUT2D eigenvalue weighted by Gasteiger charge is -2.22. The number of carbonyl (C=O) groups is 1. The van der Waals surface area contributed by atoms with Crippen LogP contribution in [0.5, 0.6) is 11.5 Å². The number of amides is 1. The zero-order valence-electron chi connectivity index (χ0n) is 17.8. The molecule has 0 aliphatic carbocycles. The number of fused-ring (bicyclic) bond motifs is 1. The lowest BCUT2D eigenvalue weighted by molar-refractivity contribution is -0.120. The molecule has 0 spiro atoms. The van der Waals surface area contributed by atoms with Crippen molar-refractivity contribution in [2.75, 3.05) is 45.3 Å². The van der Waals surface area contributed by atoms with Gasteiger partial charge in [-0.1, -0.05) is 35.1 Å². The second-order valence-electron chi connectivity index (χ2n) is 6.98. The van der Waals surface area contributed by atoms with Crippen LogP contribution >= 0.6 is 23.7 Å². The largest absolute Gasteiger partial charge is 0.492 e. The summed E-state index contributed by atoms with van der Waals surface area (Å²) in [6.07, 6.45) is 0. The highest BCUT2D eigenvalue weighted by molar-refractivity contribution is 7.22. The molecule has 0 N–H and O–H groups in total. The van der Waals surface area contributed by atoms with E-state index < -0.39 is 0 Å². The molecule has 0 saturated carbocycles. The Kier molecular flexibility index (Phi) is 8.89. The number of thiazole rings is 1. The van der Waals surface area contributed by atoms with E-state index in [1.807, 2.05) is 75.3 Å². The molecule has 1 heterocycles. The second-order valence-corrected chi connectivity index (χ2v) is 7.99. The maximum Gasteiger partial charge on any atom is 0.266 e. The Morgan fingerprint density at radius 1 is 1.07 bits per heavy atom. The minimum atomic E-state index is -0.121. The number of hydrogen-bond acceptors (Lipinski definition) is 6. The molecule has 6 nitrogen and oxygen atoms in total. The molecule has 3 aromatic rings. The molecular weight excluding hydrogens is 422 g/mol. The van der Waals surface area contributed by atoms with Crippen LogP contribution < -0.4 is 14.4 Å². The average Bonchev–Trinajstić information content (AvgIpc) is 3.12. The number of likely N-dealkylation sites (N-methyl/N-ethyl adjacent to an activating group) is 1. The van der Waals surface area contributed by atoms with Gasteiger partial charge in [-0.3, -0.25) is 9.69 Å². The minimum Gasteiger partial charge on any atom is -0.492 e. The van der Waals surface area contributed by atoms with Gasteiger partial charge >= 0.3 is 0 Å². The third-order valence-corrected chi connectivity index (χ3v) is 5.40. The number of ether oxygens (including phenoxy) is 2. The van der Waals surface area contributed by atoms with Crippen molar-refractivity contribution in [2.24, 2.45) is 0 Å². The molecule has 3 rings (SSSR count). The van der Waals surface area contributed by atoms with Crippen LogP contribution in [0.25, 0.3) is 10.2 Å². The van der Waals surface area contributed by atoms with Crippen LogP contribution in [-0.4, -0.2) is 56.2 Å². The minimum absolute atomic E-state index is 0. The van der Waals surface area contributed by atoms with E-state index >= 15 is 0 Å². The molecule has 0 saturated heterocycles. The first-order chi connectivity index (χ1) is 14.0. The smallest absolute Gasteiger partial charge is 0.266 e. The monoisotopic (exact) mass is 449 g/mol. The van der Waals surface area contributed by atoms with Crippen molar-refractivity contribution in [3.05, 3.63) is 48.0 Å². The third kappa shape index (κ3) is 6.08. The maximum atomic E-state index is 13.0. The highest BCUT2D eigenvalue weighted by Gasteiger charge is 2.21. The molecule has 0 aliphatic heterocycles. The van der Waals surface area contributed by atoms with E-state index in [4.69, 9.17) is 14.5 Å². The fourth-order valence-electron chi connectivity index (χ4n) is 2.78. The normalized spacial score (nSPS) is 10.7. The van der Waals surface area contributed by atoms with Crippen LogP contribution in [0.1, 0.15) is 12.5 Å². The van der Waals surface area contributed by atoms with Crippen LogP contribution in [0.3, 0.4) is 0 Å². The first kappa shape index (κ1) is 23.9. The van der Waals surface area contributed by atoms with Gasteiger partial charge in [-0.2, -0.15) is 0 Å². The molecule has 0 fully saturated rings. The lowest BCUT2D eigenvalue weighted by atomic mass is 10.2. The van der Waals surface area contributed by atoms with Gasteiger partial charge in [-0.05, 0) is 52.2 Å². The van der Waals surface area contributed by atoms with E-state index in [9.17, 15) is 4.79 Å². The van der Waals surface area contributed by atoms with Gasteiger partial charge in [0.15, 0.2) is 11.7 Å². The lowest BCUT2D eigenvalue weighted by Crippen LogP contribution is -2.39. The molecule has 0 bridgehead atoms. The van der Waals surface area contributed by atoms with Crippen LogP contribution in [0, 0.1) is 6.92 Å². The van der Waals surface area contributed by atoms with E-state index in [-0.39, 0.29) is 24.9 Å². The highest BCUT2D eigenvalue weighted by Crippen LogP contribution is 2.34. The zero-order chi connectivity index (χ0) is 20.8. The molecular formula is C22H28ClN3O3S. The molecule has 2 aromatic carbocycles. The number of nitrogens with zero attached hydrogens (tertiary/aromatic N) is 3. The SMILES string of the molecule is CCOc1cccc2sc(N(CCN(C)C)C(=O)COc3ccc(C)cc3)nc12.Cl. The summed E-state index contributed by atoms with van der Waals surface area (Å²) >= 11 is 1.49. The number of para-hydroxylation sites is 1. The highest BCUT2D eigenvalue weighted by atomic mass is 35.5. The molecule has 1 amide bonds. The number of aryl methyl sites for hydroxylation is 1. The summed E-state index contributed by atoms with van der Waals surface area (Å²) in [4.78, 5) is 21.5. The quantitative estimate of drug-likeness (QED) is 0.484. The summed E-state index contributed by atoms with van der Waals surface area (Å²) in [7, 11) is 3.97. The third-order valence-electron chi connectivity index (χ3n) is 4.36. The van der Waals surface area contributed by atoms with E-state index in [1.54, 1.807) is 4.90 Å². The van der Waals surface area contributed by atoms with Crippen molar-refractivity contribution >= 4 is 45.0 Å². The van der Waals surface area contributed by atoms with Gasteiger partial charge in [-0.15, -0.1) is 12.4 Å². The molecule has 162 valence electrons. The summed E-state index contributed by atoms with van der Waals surface area (Å²) in [6, 6.07) is 13.5. The van der Waals surface area contributed by atoms with Gasteiger partial charge < -0.3 is 14.4 Å². The summed E-state index contributed by atoms with van der Waals surface area (Å²) in [5, 5.41) is 0.659. The van der Waals surface area contributed by atoms with Crippen molar-refractivity contribution in [3.63, 3.8) is 0 Å². The van der Waals surface area contributed by atoms with E-state index in [2.05, 4.69) is 0 Å². The van der Waals surface area contributed by atoms with Crippen molar-refractivity contribution in [1.82, 2.24) is 9.88 Å². The number of hydrogen-bond donors (Lipinski definition) is 0. The van der Waals surface area contributed by atoms with Crippen molar-refractivity contribution in [3.8, 4) is 11.5 Å². The van der Waals surface area contributed by atoms with Crippen molar-refractivity contribution < 1.29 is 14.3 Å². The Morgan fingerprint density at radius 2 is 1.80 bits per heavy atom. The maximum absolute atomic E-state index is 13.0. The fraction of sp³-hybridized carbons (Fsp3) is 0.364.